The molecule has 7 heteroatoms. The number of anilines is 1. The molecule has 0 unspecified atom stereocenters. The average Bonchev–Trinajstić information content (AvgIpc) is 3.30. The molecule has 1 atom stereocenters. The fourth-order valence-corrected chi connectivity index (χ4v) is 4.79. The van der Waals surface area contributed by atoms with Crippen LogP contribution < -0.4 is 10.6 Å². The lowest BCUT2D eigenvalue weighted by Gasteiger charge is -2.23. The van der Waals surface area contributed by atoms with E-state index in [1.54, 1.807) is 0 Å². The highest BCUT2D eigenvalue weighted by atomic mass is 32.1. The summed E-state index contributed by atoms with van der Waals surface area (Å²) in [6.45, 7) is 1.71. The molecule has 2 aliphatic rings. The Labute approximate surface area is 191 Å². The zero-order valence-electron chi connectivity index (χ0n) is 17.8. The molecule has 3 aromatic rings. The maximum absolute atomic E-state index is 12.9. The van der Waals surface area contributed by atoms with Crippen molar-refractivity contribution in [2.75, 3.05) is 11.9 Å². The summed E-state index contributed by atoms with van der Waals surface area (Å²) < 4.78 is 0. The first kappa shape index (κ1) is 20.8. The van der Waals surface area contributed by atoms with Crippen molar-refractivity contribution in [1.82, 2.24) is 15.2 Å². The molecule has 1 aliphatic heterocycles. The summed E-state index contributed by atoms with van der Waals surface area (Å²) in [4.78, 5) is 31.9. The highest BCUT2D eigenvalue weighted by Gasteiger charge is 2.31. The van der Waals surface area contributed by atoms with Crippen LogP contribution in [0.3, 0.4) is 0 Å². The standard InChI is InChI=1S/C25H26N4O2S/c30-23(26-20-12-13-20)19-10-8-18(9-11-19)21-16-32-25(27-21)28-24(31)22-7-4-14-29(22)15-17-5-2-1-3-6-17/h1-3,5-6,8-11,16,20,22H,4,7,12-15H2,(H,26,30)(H,27,28,31)/t22-/m0/s1. The second-order valence-electron chi connectivity index (χ2n) is 8.47. The molecular weight excluding hydrogens is 420 g/mol. The van der Waals surface area contributed by atoms with Gasteiger partial charge in [0.25, 0.3) is 5.91 Å². The lowest BCUT2D eigenvalue weighted by molar-refractivity contribution is -0.120. The van der Waals surface area contributed by atoms with Crippen molar-refractivity contribution in [2.24, 2.45) is 0 Å². The van der Waals surface area contributed by atoms with E-state index in [-0.39, 0.29) is 17.9 Å². The van der Waals surface area contributed by atoms with E-state index >= 15 is 0 Å². The smallest absolute Gasteiger partial charge is 0.251 e. The minimum Gasteiger partial charge on any atom is -0.349 e. The lowest BCUT2D eigenvalue weighted by atomic mass is 10.1. The molecule has 164 valence electrons. The molecule has 1 saturated heterocycles. The number of hydrogen-bond donors (Lipinski definition) is 2. The third-order valence-corrected chi connectivity index (χ3v) is 6.74. The van der Waals surface area contributed by atoms with Gasteiger partial charge in [0.2, 0.25) is 5.91 Å². The summed E-state index contributed by atoms with van der Waals surface area (Å²) in [5.74, 6) is -0.0201. The van der Waals surface area contributed by atoms with Crippen LogP contribution in [0.1, 0.15) is 41.6 Å². The number of amides is 2. The predicted molar refractivity (Wildman–Crippen MR) is 127 cm³/mol. The van der Waals surface area contributed by atoms with Crippen LogP contribution in [0.15, 0.2) is 60.0 Å². The van der Waals surface area contributed by atoms with Gasteiger partial charge >= 0.3 is 0 Å². The maximum Gasteiger partial charge on any atom is 0.251 e. The third-order valence-electron chi connectivity index (χ3n) is 5.98. The van der Waals surface area contributed by atoms with Gasteiger partial charge in [-0.3, -0.25) is 14.5 Å². The zero-order valence-corrected chi connectivity index (χ0v) is 18.6. The number of benzene rings is 2. The molecule has 6 nitrogen and oxygen atoms in total. The van der Waals surface area contributed by atoms with E-state index in [0.717, 1.165) is 50.0 Å². The van der Waals surface area contributed by atoms with Crippen molar-refractivity contribution < 1.29 is 9.59 Å². The van der Waals surface area contributed by atoms with Gasteiger partial charge in [0, 0.05) is 29.1 Å². The normalized spacial score (nSPS) is 18.4. The maximum atomic E-state index is 12.9. The van der Waals surface area contributed by atoms with Crippen molar-refractivity contribution in [3.8, 4) is 11.3 Å². The topological polar surface area (TPSA) is 74.3 Å². The minimum absolute atomic E-state index is 0.00595. The fraction of sp³-hybridized carbons (Fsp3) is 0.320. The molecule has 0 bridgehead atoms. The number of rotatable bonds is 7. The summed E-state index contributed by atoms with van der Waals surface area (Å²) in [7, 11) is 0. The van der Waals surface area contributed by atoms with Crippen LogP contribution in [0.25, 0.3) is 11.3 Å². The quantitative estimate of drug-likeness (QED) is 0.567. The second kappa shape index (κ2) is 9.22. The van der Waals surface area contributed by atoms with Crippen molar-refractivity contribution in [3.63, 3.8) is 0 Å². The van der Waals surface area contributed by atoms with Crippen LogP contribution in [0.2, 0.25) is 0 Å². The number of carbonyl (C=O) groups is 2. The molecule has 32 heavy (non-hydrogen) atoms. The molecule has 5 rings (SSSR count). The van der Waals surface area contributed by atoms with Crippen LogP contribution in [-0.4, -0.2) is 40.3 Å². The SMILES string of the molecule is O=C(NC1CC1)c1ccc(-c2csc(NC(=O)[C@@H]3CCCN3Cc3ccccc3)n2)cc1. The monoisotopic (exact) mass is 446 g/mol. The van der Waals surface area contributed by atoms with Gasteiger partial charge in [0.15, 0.2) is 5.13 Å². The molecule has 2 N–H and O–H groups in total. The van der Waals surface area contributed by atoms with Gasteiger partial charge in [0.05, 0.1) is 11.7 Å². The van der Waals surface area contributed by atoms with E-state index in [0.29, 0.717) is 16.7 Å². The van der Waals surface area contributed by atoms with Gasteiger partial charge in [-0.25, -0.2) is 4.98 Å². The Morgan fingerprint density at radius 2 is 1.81 bits per heavy atom. The van der Waals surface area contributed by atoms with Crippen molar-refractivity contribution in [2.45, 2.75) is 44.3 Å². The Morgan fingerprint density at radius 3 is 2.56 bits per heavy atom. The van der Waals surface area contributed by atoms with E-state index in [9.17, 15) is 9.59 Å². The van der Waals surface area contributed by atoms with Crippen molar-refractivity contribution in [3.05, 3.63) is 71.1 Å². The molecule has 0 radical (unpaired) electrons. The van der Waals surface area contributed by atoms with Gasteiger partial charge in [-0.05, 0) is 49.9 Å². The van der Waals surface area contributed by atoms with Gasteiger partial charge in [-0.2, -0.15) is 0 Å². The molecule has 2 amide bonds. The van der Waals surface area contributed by atoms with Crippen molar-refractivity contribution >= 4 is 28.3 Å². The van der Waals surface area contributed by atoms with E-state index < -0.39 is 0 Å². The van der Waals surface area contributed by atoms with Crippen LogP contribution >= 0.6 is 11.3 Å². The summed E-state index contributed by atoms with van der Waals surface area (Å²) in [6.07, 6.45) is 4.03. The molecule has 0 spiro atoms. The number of carbonyl (C=O) groups excluding carboxylic acids is 2. The summed E-state index contributed by atoms with van der Waals surface area (Å²) >= 11 is 1.42. The van der Waals surface area contributed by atoms with E-state index in [1.165, 1.54) is 16.9 Å². The Kier molecular flexibility index (Phi) is 6.01. The Hall–Kier alpha value is -3.03. The molecular formula is C25H26N4O2S. The summed E-state index contributed by atoms with van der Waals surface area (Å²) in [5, 5.41) is 8.55. The fourth-order valence-electron chi connectivity index (χ4n) is 4.07. The number of hydrogen-bond acceptors (Lipinski definition) is 5. The first-order chi connectivity index (χ1) is 15.7. The Bertz CT molecular complexity index is 1090. The largest absolute Gasteiger partial charge is 0.349 e. The van der Waals surface area contributed by atoms with Gasteiger partial charge < -0.3 is 10.6 Å². The van der Waals surface area contributed by atoms with Gasteiger partial charge in [-0.1, -0.05) is 42.5 Å². The van der Waals surface area contributed by atoms with Crippen molar-refractivity contribution in [1.29, 1.82) is 0 Å². The first-order valence-corrected chi connectivity index (χ1v) is 12.0. The summed E-state index contributed by atoms with van der Waals surface area (Å²) in [5.41, 5.74) is 3.60. The number of nitrogens with one attached hydrogen (secondary N) is 2. The van der Waals surface area contributed by atoms with Crippen LogP contribution in [0, 0.1) is 0 Å². The Balaban J connectivity index is 1.21. The van der Waals surface area contributed by atoms with Crippen LogP contribution in [-0.2, 0) is 11.3 Å². The van der Waals surface area contributed by atoms with Gasteiger partial charge in [0.1, 0.15) is 0 Å². The number of thiazole rings is 1. The van der Waals surface area contributed by atoms with Crippen LogP contribution in [0.5, 0.6) is 0 Å². The van der Waals surface area contributed by atoms with E-state index in [4.69, 9.17) is 0 Å². The number of likely N-dealkylation sites (tertiary alicyclic amines) is 1. The predicted octanol–water partition coefficient (Wildman–Crippen LogP) is 4.31. The second-order valence-corrected chi connectivity index (χ2v) is 9.32. The molecule has 2 fully saturated rings. The highest BCUT2D eigenvalue weighted by molar-refractivity contribution is 7.14. The van der Waals surface area contributed by atoms with Crippen LogP contribution in [0.4, 0.5) is 5.13 Å². The van der Waals surface area contributed by atoms with E-state index in [2.05, 4.69) is 32.7 Å². The zero-order chi connectivity index (χ0) is 21.9. The minimum atomic E-state index is -0.133. The molecule has 2 heterocycles. The first-order valence-electron chi connectivity index (χ1n) is 11.1. The number of aromatic nitrogens is 1. The molecule has 1 saturated carbocycles. The average molecular weight is 447 g/mol. The van der Waals surface area contributed by atoms with E-state index in [1.807, 2.05) is 47.8 Å². The Morgan fingerprint density at radius 1 is 1.03 bits per heavy atom. The van der Waals surface area contributed by atoms with Gasteiger partial charge in [-0.15, -0.1) is 11.3 Å². The summed E-state index contributed by atoms with van der Waals surface area (Å²) in [6, 6.07) is 17.9. The molecule has 2 aromatic carbocycles. The highest BCUT2D eigenvalue weighted by Crippen LogP contribution is 2.27. The number of nitrogens with zero attached hydrogens (tertiary/aromatic N) is 2. The lowest BCUT2D eigenvalue weighted by Crippen LogP contribution is -2.39. The third kappa shape index (κ3) is 4.89. The molecule has 1 aromatic heterocycles. The molecule has 1 aliphatic carbocycles.